The van der Waals surface area contributed by atoms with E-state index in [1.165, 1.54) is 6.07 Å². The second-order valence-corrected chi connectivity index (χ2v) is 4.34. The van der Waals surface area contributed by atoms with E-state index in [2.05, 4.69) is 5.32 Å². The number of nitrogens with zero attached hydrogens (tertiary/aromatic N) is 2. The molecule has 0 radical (unpaired) electrons. The lowest BCUT2D eigenvalue weighted by molar-refractivity contribution is -0.384. The van der Waals surface area contributed by atoms with Crippen molar-refractivity contribution in [3.05, 3.63) is 38.9 Å². The molecule has 0 aliphatic rings. The quantitative estimate of drug-likeness (QED) is 0.663. The van der Waals surface area contributed by atoms with E-state index >= 15 is 0 Å². The Kier molecular flexibility index (Phi) is 5.27. The van der Waals surface area contributed by atoms with Gasteiger partial charge in [-0.25, -0.2) is 0 Å². The number of nitrogens with one attached hydrogen (secondary N) is 1. The number of hydrogen-bond donors (Lipinski definition) is 1. The van der Waals surface area contributed by atoms with Gasteiger partial charge in [-0.1, -0.05) is 24.9 Å². The third-order valence-electron chi connectivity index (χ3n) is 2.39. The number of carbonyl (C=O) groups excluding carboxylic acids is 1. The van der Waals surface area contributed by atoms with Gasteiger partial charge < -0.3 is 5.32 Å². The molecule has 0 aromatic heterocycles. The zero-order valence-electron chi connectivity index (χ0n) is 10.2. The molecular formula is C12H12ClN3O3. The maximum absolute atomic E-state index is 11.9. The lowest BCUT2D eigenvalue weighted by Gasteiger charge is -2.10. The molecule has 0 fully saturated rings. The van der Waals surface area contributed by atoms with E-state index < -0.39 is 16.9 Å². The van der Waals surface area contributed by atoms with Crippen molar-refractivity contribution in [3.8, 4) is 6.07 Å². The maximum Gasteiger partial charge on any atom is 0.271 e. The van der Waals surface area contributed by atoms with Crippen molar-refractivity contribution in [1.29, 1.82) is 5.26 Å². The summed E-state index contributed by atoms with van der Waals surface area (Å²) in [5.74, 6) is -0.550. The molecule has 0 saturated carbocycles. The first-order valence-electron chi connectivity index (χ1n) is 5.63. The van der Waals surface area contributed by atoms with Crippen molar-refractivity contribution in [2.75, 3.05) is 0 Å². The van der Waals surface area contributed by atoms with E-state index in [1.54, 1.807) is 0 Å². The molecular weight excluding hydrogens is 270 g/mol. The van der Waals surface area contributed by atoms with Gasteiger partial charge in [-0.2, -0.15) is 5.26 Å². The molecule has 1 aromatic rings. The molecule has 0 heterocycles. The minimum atomic E-state index is -0.628. The lowest BCUT2D eigenvalue weighted by atomic mass is 10.1. The highest BCUT2D eigenvalue weighted by Gasteiger charge is 2.16. The van der Waals surface area contributed by atoms with Crippen LogP contribution >= 0.6 is 11.6 Å². The first-order valence-corrected chi connectivity index (χ1v) is 6.01. The van der Waals surface area contributed by atoms with E-state index in [0.29, 0.717) is 6.42 Å². The average molecular weight is 282 g/mol. The SMILES string of the molecule is CCCC(C#N)NC(=O)c1cc(Cl)cc([N+](=O)[O-])c1. The number of rotatable bonds is 5. The largest absolute Gasteiger partial charge is 0.336 e. The van der Waals surface area contributed by atoms with Crippen molar-refractivity contribution in [3.63, 3.8) is 0 Å². The number of carbonyl (C=O) groups is 1. The highest BCUT2D eigenvalue weighted by Crippen LogP contribution is 2.21. The fourth-order valence-electron chi connectivity index (χ4n) is 1.51. The molecule has 1 atom stereocenters. The van der Waals surface area contributed by atoms with Gasteiger partial charge in [0.15, 0.2) is 0 Å². The number of nitriles is 1. The second kappa shape index (κ2) is 6.71. The standard InChI is InChI=1S/C12H12ClN3O3/c1-2-3-10(7-14)15-12(17)8-4-9(13)6-11(5-8)16(18)19/h4-6,10H,2-3H2,1H3,(H,15,17). The number of nitro groups is 1. The van der Waals surface area contributed by atoms with Crippen LogP contribution in [-0.2, 0) is 0 Å². The molecule has 100 valence electrons. The van der Waals surface area contributed by atoms with Crippen LogP contribution in [0, 0.1) is 21.4 Å². The molecule has 6 nitrogen and oxygen atoms in total. The Bertz CT molecular complexity index is 540. The Balaban J connectivity index is 2.94. The van der Waals surface area contributed by atoms with Gasteiger partial charge >= 0.3 is 0 Å². The summed E-state index contributed by atoms with van der Waals surface area (Å²) in [7, 11) is 0. The maximum atomic E-state index is 11.9. The predicted molar refractivity (Wildman–Crippen MR) is 69.9 cm³/mol. The van der Waals surface area contributed by atoms with Crippen LogP contribution in [0.15, 0.2) is 18.2 Å². The van der Waals surface area contributed by atoms with Crippen LogP contribution in [0.2, 0.25) is 5.02 Å². The van der Waals surface area contributed by atoms with Crippen molar-refractivity contribution >= 4 is 23.2 Å². The average Bonchev–Trinajstić information content (AvgIpc) is 2.37. The molecule has 1 rings (SSSR count). The number of benzene rings is 1. The number of nitro benzene ring substituents is 1. The van der Waals surface area contributed by atoms with E-state index in [0.717, 1.165) is 18.6 Å². The first-order chi connectivity index (χ1) is 8.97. The fourth-order valence-corrected chi connectivity index (χ4v) is 1.74. The minimum absolute atomic E-state index is 0.0653. The first kappa shape index (κ1) is 14.9. The molecule has 0 aliphatic heterocycles. The van der Waals surface area contributed by atoms with Crippen LogP contribution in [0.1, 0.15) is 30.1 Å². The van der Waals surface area contributed by atoms with E-state index in [4.69, 9.17) is 16.9 Å². The van der Waals surface area contributed by atoms with E-state index in [9.17, 15) is 14.9 Å². The van der Waals surface area contributed by atoms with Crippen molar-refractivity contribution < 1.29 is 9.72 Å². The molecule has 0 spiro atoms. The Labute approximate surface area is 115 Å². The summed E-state index contributed by atoms with van der Waals surface area (Å²) in [4.78, 5) is 21.9. The van der Waals surface area contributed by atoms with Gasteiger partial charge in [0.1, 0.15) is 6.04 Å². The molecule has 1 unspecified atom stereocenters. The molecule has 1 aromatic carbocycles. The van der Waals surface area contributed by atoms with Crippen LogP contribution in [-0.4, -0.2) is 16.9 Å². The highest BCUT2D eigenvalue weighted by molar-refractivity contribution is 6.31. The second-order valence-electron chi connectivity index (χ2n) is 3.90. The van der Waals surface area contributed by atoms with Gasteiger partial charge in [0.2, 0.25) is 0 Å². The summed E-state index contributed by atoms with van der Waals surface area (Å²) in [6, 6.07) is 4.95. The van der Waals surface area contributed by atoms with E-state index in [-0.39, 0.29) is 16.3 Å². The molecule has 0 saturated heterocycles. The number of halogens is 1. The number of non-ortho nitro benzene ring substituents is 1. The molecule has 1 amide bonds. The van der Waals surface area contributed by atoms with Crippen LogP contribution in [0.3, 0.4) is 0 Å². The van der Waals surface area contributed by atoms with Crippen LogP contribution in [0.5, 0.6) is 0 Å². The Hall–Kier alpha value is -2.13. The summed E-state index contributed by atoms with van der Waals surface area (Å²) in [5, 5.41) is 22.1. The predicted octanol–water partition coefficient (Wildman–Crippen LogP) is 2.67. The molecule has 1 N–H and O–H groups in total. The van der Waals surface area contributed by atoms with Crippen molar-refractivity contribution in [1.82, 2.24) is 5.32 Å². The molecule has 19 heavy (non-hydrogen) atoms. The smallest absolute Gasteiger partial charge is 0.271 e. The van der Waals surface area contributed by atoms with Gasteiger partial charge in [0.25, 0.3) is 11.6 Å². The van der Waals surface area contributed by atoms with Crippen LogP contribution < -0.4 is 5.32 Å². The van der Waals surface area contributed by atoms with Crippen molar-refractivity contribution in [2.45, 2.75) is 25.8 Å². The monoisotopic (exact) mass is 281 g/mol. The fraction of sp³-hybridized carbons (Fsp3) is 0.333. The van der Waals surface area contributed by atoms with Crippen LogP contribution in [0.25, 0.3) is 0 Å². The van der Waals surface area contributed by atoms with Gasteiger partial charge in [-0.05, 0) is 12.5 Å². The summed E-state index contributed by atoms with van der Waals surface area (Å²) in [6.45, 7) is 1.89. The minimum Gasteiger partial charge on any atom is -0.336 e. The van der Waals surface area contributed by atoms with Gasteiger partial charge in [0, 0.05) is 22.7 Å². The highest BCUT2D eigenvalue weighted by atomic mass is 35.5. The molecule has 0 aliphatic carbocycles. The Morgan fingerprint density at radius 1 is 1.58 bits per heavy atom. The van der Waals surface area contributed by atoms with Gasteiger partial charge in [0.05, 0.1) is 11.0 Å². The topological polar surface area (TPSA) is 96.0 Å². The van der Waals surface area contributed by atoms with Crippen LogP contribution in [0.4, 0.5) is 5.69 Å². The zero-order valence-corrected chi connectivity index (χ0v) is 11.0. The van der Waals surface area contributed by atoms with Gasteiger partial charge in [-0.3, -0.25) is 14.9 Å². The third-order valence-corrected chi connectivity index (χ3v) is 2.61. The number of amides is 1. The molecule has 0 bridgehead atoms. The number of hydrogen-bond acceptors (Lipinski definition) is 4. The third kappa shape index (κ3) is 4.23. The van der Waals surface area contributed by atoms with E-state index in [1.807, 2.05) is 13.0 Å². The summed E-state index contributed by atoms with van der Waals surface area (Å²) in [6.07, 6.45) is 1.26. The summed E-state index contributed by atoms with van der Waals surface area (Å²) < 4.78 is 0. The van der Waals surface area contributed by atoms with Crippen molar-refractivity contribution in [2.24, 2.45) is 0 Å². The van der Waals surface area contributed by atoms with Gasteiger partial charge in [-0.15, -0.1) is 0 Å². The lowest BCUT2D eigenvalue weighted by Crippen LogP contribution is -2.33. The Morgan fingerprint density at radius 3 is 2.79 bits per heavy atom. The molecule has 7 heteroatoms. The zero-order chi connectivity index (χ0) is 14.4. The normalized spacial score (nSPS) is 11.4. The summed E-state index contributed by atoms with van der Waals surface area (Å²) >= 11 is 5.72. The summed E-state index contributed by atoms with van der Waals surface area (Å²) in [5.41, 5.74) is -0.197. The Morgan fingerprint density at radius 2 is 2.26 bits per heavy atom.